The van der Waals surface area contributed by atoms with Crippen molar-refractivity contribution in [3.63, 3.8) is 0 Å². The molecule has 6 nitrogen and oxygen atoms in total. The predicted octanol–water partition coefficient (Wildman–Crippen LogP) is 2.85. The van der Waals surface area contributed by atoms with Crippen LogP contribution in [0.5, 0.6) is 0 Å². The Morgan fingerprint density at radius 1 is 1.13 bits per heavy atom. The number of benzene rings is 1. The molecule has 7 heteroatoms. The van der Waals surface area contributed by atoms with E-state index in [1.165, 1.54) is 5.56 Å². The third kappa shape index (κ3) is 2.78. The van der Waals surface area contributed by atoms with E-state index in [-0.39, 0.29) is 0 Å². The summed E-state index contributed by atoms with van der Waals surface area (Å²) in [6.45, 7) is 0.613. The van der Waals surface area contributed by atoms with E-state index in [9.17, 15) is 0 Å². The van der Waals surface area contributed by atoms with Gasteiger partial charge in [-0.25, -0.2) is 14.6 Å². The second kappa shape index (κ2) is 5.77. The summed E-state index contributed by atoms with van der Waals surface area (Å²) in [5.74, 6) is 0. The van der Waals surface area contributed by atoms with Crippen LogP contribution in [0.2, 0.25) is 0 Å². The van der Waals surface area contributed by atoms with Gasteiger partial charge < -0.3 is 4.57 Å². The fourth-order valence-corrected chi connectivity index (χ4v) is 3.27. The van der Waals surface area contributed by atoms with Crippen molar-refractivity contribution < 1.29 is 0 Å². The smallest absolute Gasteiger partial charge is 0.131 e. The molecule has 0 fully saturated rings. The first-order valence-electron chi connectivity index (χ1n) is 7.16. The average molecular weight is 322 g/mol. The molecular weight excluding hydrogens is 308 g/mol. The zero-order valence-corrected chi connectivity index (χ0v) is 13.3. The van der Waals surface area contributed by atoms with Gasteiger partial charge in [-0.15, -0.1) is 16.4 Å². The van der Waals surface area contributed by atoms with Crippen molar-refractivity contribution >= 4 is 11.3 Å². The van der Waals surface area contributed by atoms with Crippen molar-refractivity contribution in [3.05, 3.63) is 60.3 Å². The van der Waals surface area contributed by atoms with E-state index in [2.05, 4.69) is 32.4 Å². The molecule has 0 saturated carbocycles. The summed E-state index contributed by atoms with van der Waals surface area (Å²) >= 11 is 1.67. The molecule has 3 aromatic heterocycles. The van der Waals surface area contributed by atoms with Gasteiger partial charge in [0.1, 0.15) is 10.7 Å². The van der Waals surface area contributed by atoms with E-state index in [1.54, 1.807) is 28.5 Å². The van der Waals surface area contributed by atoms with Gasteiger partial charge in [0.2, 0.25) is 0 Å². The fourth-order valence-electron chi connectivity index (χ4n) is 2.35. The molecule has 0 saturated heterocycles. The first-order chi connectivity index (χ1) is 11.3. The van der Waals surface area contributed by atoms with Crippen LogP contribution in [0, 0.1) is 0 Å². The van der Waals surface area contributed by atoms with Crippen LogP contribution in [0.25, 0.3) is 21.8 Å². The van der Waals surface area contributed by atoms with Crippen LogP contribution in [0.1, 0.15) is 5.01 Å². The third-order valence-electron chi connectivity index (χ3n) is 3.53. The van der Waals surface area contributed by atoms with E-state index in [1.807, 2.05) is 42.2 Å². The molecular formula is C16H14N6S. The Kier molecular flexibility index (Phi) is 3.47. The monoisotopic (exact) mass is 322 g/mol. The normalized spacial score (nSPS) is 11.0. The zero-order chi connectivity index (χ0) is 15.6. The van der Waals surface area contributed by atoms with Crippen LogP contribution < -0.4 is 0 Å². The molecule has 114 valence electrons. The van der Waals surface area contributed by atoms with Gasteiger partial charge in [0.05, 0.1) is 35.8 Å². The molecule has 0 aliphatic heterocycles. The molecule has 0 aliphatic carbocycles. The highest BCUT2D eigenvalue weighted by molar-refractivity contribution is 7.15. The second-order valence-corrected chi connectivity index (χ2v) is 6.29. The van der Waals surface area contributed by atoms with E-state index < -0.39 is 0 Å². The number of hydrogen-bond donors (Lipinski definition) is 0. The van der Waals surface area contributed by atoms with Gasteiger partial charge in [0.25, 0.3) is 0 Å². The number of aryl methyl sites for hydroxylation is 1. The van der Waals surface area contributed by atoms with Gasteiger partial charge in [0.15, 0.2) is 0 Å². The summed E-state index contributed by atoms with van der Waals surface area (Å²) in [4.78, 5) is 9.75. The lowest BCUT2D eigenvalue weighted by Gasteiger charge is -1.96. The van der Waals surface area contributed by atoms with Crippen LogP contribution in [0.3, 0.4) is 0 Å². The third-order valence-corrected chi connectivity index (χ3v) is 4.56. The summed E-state index contributed by atoms with van der Waals surface area (Å²) in [6, 6.07) is 10.3. The number of hydrogen-bond acceptors (Lipinski definition) is 5. The summed E-state index contributed by atoms with van der Waals surface area (Å²) in [5.41, 5.74) is 2.94. The van der Waals surface area contributed by atoms with Crippen LogP contribution in [0.15, 0.2) is 55.2 Å². The Balaban J connectivity index is 1.54. The highest BCUT2D eigenvalue weighted by Crippen LogP contribution is 2.26. The highest BCUT2D eigenvalue weighted by Gasteiger charge is 2.10. The quantitative estimate of drug-likeness (QED) is 0.579. The maximum Gasteiger partial charge on any atom is 0.131 e. The van der Waals surface area contributed by atoms with E-state index in [4.69, 9.17) is 0 Å². The summed E-state index contributed by atoms with van der Waals surface area (Å²) in [7, 11) is 1.94. The molecule has 0 spiro atoms. The number of aromatic nitrogens is 6. The minimum atomic E-state index is 0.613. The minimum Gasteiger partial charge on any atom is -0.332 e. The van der Waals surface area contributed by atoms with Crippen molar-refractivity contribution in [2.45, 2.75) is 6.54 Å². The van der Waals surface area contributed by atoms with Gasteiger partial charge in [-0.3, -0.25) is 0 Å². The van der Waals surface area contributed by atoms with Gasteiger partial charge in [-0.2, -0.15) is 0 Å². The lowest BCUT2D eigenvalue weighted by atomic mass is 10.2. The van der Waals surface area contributed by atoms with Crippen LogP contribution >= 0.6 is 11.3 Å². The Hall–Kier alpha value is -2.80. The average Bonchev–Trinajstić information content (AvgIpc) is 3.30. The number of imidazole rings is 1. The maximum absolute atomic E-state index is 4.49. The summed E-state index contributed by atoms with van der Waals surface area (Å²) in [5, 5.41) is 9.40. The summed E-state index contributed by atoms with van der Waals surface area (Å²) < 4.78 is 3.72. The van der Waals surface area contributed by atoms with Gasteiger partial charge in [-0.05, 0) is 5.56 Å². The SMILES string of the molecule is Cn1cncc1-c1cn(Cc2ncc(-c3ccccc3)s2)nn1. The molecule has 0 bridgehead atoms. The Bertz CT molecular complexity index is 921. The molecule has 3 heterocycles. The molecule has 0 unspecified atom stereocenters. The topological polar surface area (TPSA) is 61.4 Å². The van der Waals surface area contributed by atoms with Crippen molar-refractivity contribution in [1.29, 1.82) is 0 Å². The zero-order valence-electron chi connectivity index (χ0n) is 12.5. The molecule has 4 rings (SSSR count). The van der Waals surface area contributed by atoms with Crippen molar-refractivity contribution in [2.75, 3.05) is 0 Å². The van der Waals surface area contributed by atoms with Gasteiger partial charge in [-0.1, -0.05) is 35.5 Å². The molecule has 0 atom stereocenters. The molecule has 4 aromatic rings. The number of thiazole rings is 1. The fraction of sp³-hybridized carbons (Fsp3) is 0.125. The van der Waals surface area contributed by atoms with E-state index in [0.717, 1.165) is 21.3 Å². The van der Waals surface area contributed by atoms with Crippen molar-refractivity contribution in [2.24, 2.45) is 7.05 Å². The summed E-state index contributed by atoms with van der Waals surface area (Å²) in [6.07, 6.45) is 7.36. The highest BCUT2D eigenvalue weighted by atomic mass is 32.1. The lowest BCUT2D eigenvalue weighted by Crippen LogP contribution is -1.99. The van der Waals surface area contributed by atoms with Crippen LogP contribution in [0.4, 0.5) is 0 Å². The Morgan fingerprint density at radius 3 is 2.78 bits per heavy atom. The van der Waals surface area contributed by atoms with Crippen LogP contribution in [-0.2, 0) is 13.6 Å². The predicted molar refractivity (Wildman–Crippen MR) is 88.9 cm³/mol. The maximum atomic E-state index is 4.49. The van der Waals surface area contributed by atoms with Crippen molar-refractivity contribution in [1.82, 2.24) is 29.5 Å². The molecule has 0 N–H and O–H groups in total. The van der Waals surface area contributed by atoms with Gasteiger partial charge in [0, 0.05) is 13.2 Å². The number of rotatable bonds is 4. The minimum absolute atomic E-state index is 0.613. The van der Waals surface area contributed by atoms with E-state index >= 15 is 0 Å². The molecule has 0 amide bonds. The van der Waals surface area contributed by atoms with E-state index in [0.29, 0.717) is 6.54 Å². The Morgan fingerprint density at radius 2 is 2.00 bits per heavy atom. The first kappa shape index (κ1) is 13.8. The second-order valence-electron chi connectivity index (χ2n) is 5.18. The van der Waals surface area contributed by atoms with Crippen molar-refractivity contribution in [3.8, 4) is 21.8 Å². The molecule has 23 heavy (non-hydrogen) atoms. The molecule has 1 aromatic carbocycles. The first-order valence-corrected chi connectivity index (χ1v) is 7.98. The lowest BCUT2D eigenvalue weighted by molar-refractivity contribution is 0.647. The number of nitrogens with zero attached hydrogens (tertiary/aromatic N) is 6. The Labute approximate surface area is 137 Å². The molecule has 0 aliphatic rings. The molecule has 0 radical (unpaired) electrons. The standard InChI is InChI=1S/C16H14N6S/c1-21-11-17-7-14(21)13-9-22(20-19-13)10-16-18-8-15(23-16)12-5-3-2-4-6-12/h2-9,11H,10H2,1H3. The van der Waals surface area contributed by atoms with Gasteiger partial charge >= 0.3 is 0 Å². The largest absolute Gasteiger partial charge is 0.332 e. The van der Waals surface area contributed by atoms with Crippen LogP contribution in [-0.4, -0.2) is 29.5 Å².